The number of unbranched alkanes of at least 4 members (excludes halogenated alkanes) is 13. The lowest BCUT2D eigenvalue weighted by molar-refractivity contribution is -0.137. The Labute approximate surface area is 365 Å². The van der Waals surface area contributed by atoms with Gasteiger partial charge in [0.25, 0.3) is 0 Å². The normalized spacial score (nSPS) is 17.6. The van der Waals surface area contributed by atoms with Gasteiger partial charge in [0, 0.05) is 49.7 Å². The van der Waals surface area contributed by atoms with E-state index in [9.17, 15) is 19.5 Å². The Morgan fingerprint density at radius 3 is 1.54 bits per heavy atom. The molecule has 1 aliphatic rings. The second-order valence-electron chi connectivity index (χ2n) is 17.6. The third kappa shape index (κ3) is 14.6. The summed E-state index contributed by atoms with van der Waals surface area (Å²) in [5.74, 6) is 1.04. The molecule has 0 radical (unpaired) electrons. The van der Waals surface area contributed by atoms with E-state index in [4.69, 9.17) is 19.3 Å². The molecule has 2 amide bonds. The van der Waals surface area contributed by atoms with Crippen LogP contribution in [0.5, 0.6) is 11.5 Å². The van der Waals surface area contributed by atoms with Crippen molar-refractivity contribution in [2.24, 2.45) is 10.8 Å². The first-order valence-corrected chi connectivity index (χ1v) is 22.9. The van der Waals surface area contributed by atoms with Crippen LogP contribution in [0.2, 0.25) is 0 Å². The number of ether oxygens (including phenoxy) is 3. The molecule has 0 saturated carbocycles. The van der Waals surface area contributed by atoms with Gasteiger partial charge in [-0.2, -0.15) is 0 Å². The monoisotopic (exact) mass is 843 g/mol. The first-order chi connectivity index (χ1) is 29.5. The van der Waals surface area contributed by atoms with Crippen LogP contribution in [0.3, 0.4) is 0 Å². The molecule has 2 unspecified atom stereocenters. The fourth-order valence-corrected chi connectivity index (χ4v) is 8.64. The number of nitrogens with one attached hydrogen (secondary N) is 1. The molecule has 0 spiro atoms. The van der Waals surface area contributed by atoms with Crippen molar-refractivity contribution in [2.75, 3.05) is 47.1 Å². The molecule has 336 valence electrons. The van der Waals surface area contributed by atoms with Crippen molar-refractivity contribution in [2.45, 2.75) is 135 Å². The number of hydrogen-bond acceptors (Lipinski definition) is 7. The molecule has 4 rings (SSSR count). The number of aliphatic carboxylic acids is 1. The molecule has 3 aromatic carbocycles. The van der Waals surface area contributed by atoms with Crippen molar-refractivity contribution in [3.8, 4) is 11.5 Å². The van der Waals surface area contributed by atoms with Crippen molar-refractivity contribution < 1.29 is 38.8 Å². The zero-order valence-corrected chi connectivity index (χ0v) is 37.6. The molecule has 61 heavy (non-hydrogen) atoms. The van der Waals surface area contributed by atoms with Crippen LogP contribution in [0.1, 0.15) is 146 Å². The van der Waals surface area contributed by atoms with Gasteiger partial charge in [0.1, 0.15) is 17.1 Å². The number of nitrogens with zero attached hydrogens (tertiary/aromatic N) is 1. The zero-order valence-electron chi connectivity index (χ0n) is 37.6. The predicted octanol–water partition coefficient (Wildman–Crippen LogP) is 10.1. The molecule has 2 atom stereocenters. The number of aliphatic hydroxyl groups is 1. The highest BCUT2D eigenvalue weighted by molar-refractivity contribution is 5.77. The summed E-state index contributed by atoms with van der Waals surface area (Å²) >= 11 is 0. The maximum absolute atomic E-state index is 13.7. The third-order valence-electron chi connectivity index (χ3n) is 13.0. The van der Waals surface area contributed by atoms with Gasteiger partial charge in [0.2, 0.25) is 11.8 Å². The maximum Gasteiger partial charge on any atom is 0.303 e. The largest absolute Gasteiger partial charge is 0.497 e. The van der Waals surface area contributed by atoms with Gasteiger partial charge >= 0.3 is 5.97 Å². The number of likely N-dealkylation sites (tertiary alicyclic amines) is 1. The highest BCUT2D eigenvalue weighted by atomic mass is 16.5. The van der Waals surface area contributed by atoms with Gasteiger partial charge in [-0.05, 0) is 66.6 Å². The smallest absolute Gasteiger partial charge is 0.303 e. The number of hydrogen-bond donors (Lipinski definition) is 3. The van der Waals surface area contributed by atoms with Crippen molar-refractivity contribution in [1.82, 2.24) is 10.2 Å². The van der Waals surface area contributed by atoms with Gasteiger partial charge in [-0.25, -0.2) is 0 Å². The van der Waals surface area contributed by atoms with Crippen molar-refractivity contribution in [3.63, 3.8) is 0 Å². The van der Waals surface area contributed by atoms with E-state index in [1.165, 1.54) is 25.7 Å². The number of amides is 2. The third-order valence-corrected chi connectivity index (χ3v) is 13.0. The number of carboxylic acid groups (broad SMARTS) is 1. The fourth-order valence-electron chi connectivity index (χ4n) is 8.64. The molecule has 0 bridgehead atoms. The van der Waals surface area contributed by atoms with E-state index < -0.39 is 22.4 Å². The van der Waals surface area contributed by atoms with Crippen LogP contribution >= 0.6 is 0 Å². The molecular weight excluding hydrogens is 769 g/mol. The Morgan fingerprint density at radius 2 is 1.05 bits per heavy atom. The van der Waals surface area contributed by atoms with Crippen molar-refractivity contribution in [1.29, 1.82) is 0 Å². The number of carbonyl (C=O) groups excluding carboxylic acids is 2. The summed E-state index contributed by atoms with van der Waals surface area (Å²) in [7, 11) is 3.31. The molecule has 1 fully saturated rings. The average molecular weight is 843 g/mol. The molecule has 0 aromatic heterocycles. The molecule has 1 heterocycles. The van der Waals surface area contributed by atoms with Crippen LogP contribution in [-0.4, -0.2) is 80.0 Å². The molecule has 3 N–H and O–H groups in total. The fraction of sp³-hybridized carbons (Fsp3) is 0.588. The number of rotatable bonds is 30. The van der Waals surface area contributed by atoms with E-state index in [1.54, 1.807) is 14.2 Å². The average Bonchev–Trinajstić information content (AvgIpc) is 3.55. The molecule has 3 aromatic rings. The Balaban J connectivity index is 1.21. The van der Waals surface area contributed by atoms with Gasteiger partial charge in [-0.15, -0.1) is 0 Å². The number of carboxylic acids is 1. The lowest BCUT2D eigenvalue weighted by Crippen LogP contribution is -2.46. The summed E-state index contributed by atoms with van der Waals surface area (Å²) in [6.45, 7) is 6.11. The first kappa shape index (κ1) is 49.2. The highest BCUT2D eigenvalue weighted by Gasteiger charge is 2.54. The minimum absolute atomic E-state index is 0.0705. The Morgan fingerprint density at radius 1 is 0.607 bits per heavy atom. The van der Waals surface area contributed by atoms with Crippen LogP contribution in [0, 0.1) is 10.8 Å². The van der Waals surface area contributed by atoms with Gasteiger partial charge in [-0.1, -0.05) is 139 Å². The van der Waals surface area contributed by atoms with Crippen LogP contribution in [0.4, 0.5) is 0 Å². The number of aliphatic hydroxyl groups excluding tert-OH is 1. The Hall–Kier alpha value is -4.41. The number of methoxy groups -OCH3 is 2. The van der Waals surface area contributed by atoms with Gasteiger partial charge in [0.15, 0.2) is 0 Å². The summed E-state index contributed by atoms with van der Waals surface area (Å²) in [4.78, 5) is 38.5. The molecule has 1 saturated heterocycles. The molecule has 10 heteroatoms. The second kappa shape index (κ2) is 25.5. The van der Waals surface area contributed by atoms with Gasteiger partial charge in [-0.3, -0.25) is 14.4 Å². The number of carbonyl (C=O) groups is 3. The molecule has 10 nitrogen and oxygen atoms in total. The maximum atomic E-state index is 13.7. The Bertz CT molecular complexity index is 1690. The minimum Gasteiger partial charge on any atom is -0.497 e. The van der Waals surface area contributed by atoms with E-state index in [-0.39, 0.29) is 24.8 Å². The van der Waals surface area contributed by atoms with Crippen molar-refractivity contribution in [3.05, 3.63) is 95.6 Å². The van der Waals surface area contributed by atoms with Crippen molar-refractivity contribution >= 4 is 17.8 Å². The SMILES string of the molecule is COc1ccc(C(OCC2(C)CN(C(=O)CCCCCCCCC(=O)NCCCCCCCCCCCC(=O)O)CC2(C)CO)(c2ccccc2)c2ccc(OC)cc2)cc1. The van der Waals surface area contributed by atoms with E-state index in [1.807, 2.05) is 71.6 Å². The number of benzene rings is 3. The lowest BCUT2D eigenvalue weighted by atomic mass is 9.68. The zero-order chi connectivity index (χ0) is 44.0. The summed E-state index contributed by atoms with van der Waals surface area (Å²) in [6.07, 6.45) is 16.9. The first-order valence-electron chi connectivity index (χ1n) is 22.9. The lowest BCUT2D eigenvalue weighted by Gasteiger charge is -2.43. The van der Waals surface area contributed by atoms with E-state index in [0.717, 1.165) is 105 Å². The van der Waals surface area contributed by atoms with Crippen LogP contribution < -0.4 is 14.8 Å². The summed E-state index contributed by atoms with van der Waals surface area (Å²) in [5.41, 5.74) is 0.697. The van der Waals surface area contributed by atoms with E-state index in [2.05, 4.69) is 31.3 Å². The summed E-state index contributed by atoms with van der Waals surface area (Å²) < 4.78 is 18.3. The quantitative estimate of drug-likeness (QED) is 0.0446. The highest BCUT2D eigenvalue weighted by Crippen LogP contribution is 2.49. The molecular formula is C51H74N2O8. The molecule has 0 aliphatic carbocycles. The Kier molecular flexibility index (Phi) is 20.6. The van der Waals surface area contributed by atoms with Gasteiger partial charge in [0.05, 0.1) is 27.4 Å². The van der Waals surface area contributed by atoms with Crippen LogP contribution in [-0.2, 0) is 24.7 Å². The predicted molar refractivity (Wildman–Crippen MR) is 242 cm³/mol. The standard InChI is InChI=1S/C51H74N2O8/c1-49(39-54)37-53(47(56)26-20-13-10-9-12-19-25-46(55)52-36-22-15-11-7-5-6-8-14-21-27-48(57)58)38-50(49,2)40-61-51(41-23-17-16-18-24-41,42-28-32-44(59-3)33-29-42)43-30-34-45(60-4)35-31-43/h16-18,23-24,28-35,54H,5-15,19-22,25-27,36-40H2,1-4H3,(H,52,55)(H,57,58). The second-order valence-corrected chi connectivity index (χ2v) is 17.6. The summed E-state index contributed by atoms with van der Waals surface area (Å²) in [6, 6.07) is 26.1. The topological polar surface area (TPSA) is 135 Å². The van der Waals surface area contributed by atoms with E-state index >= 15 is 0 Å². The van der Waals surface area contributed by atoms with Gasteiger partial charge < -0.3 is 34.6 Å². The molecule has 1 aliphatic heterocycles. The minimum atomic E-state index is -1.00. The van der Waals surface area contributed by atoms with Crippen LogP contribution in [0.15, 0.2) is 78.9 Å². The summed E-state index contributed by atoms with van der Waals surface area (Å²) in [5, 5.41) is 22.6. The van der Waals surface area contributed by atoms with E-state index in [0.29, 0.717) is 32.5 Å². The van der Waals surface area contributed by atoms with Crippen LogP contribution in [0.25, 0.3) is 0 Å².